The number of likely N-dealkylation sites (tertiary alicyclic amines) is 1. The van der Waals surface area contributed by atoms with Crippen molar-refractivity contribution in [2.75, 3.05) is 26.2 Å². The first-order chi connectivity index (χ1) is 7.18. The zero-order valence-corrected chi connectivity index (χ0v) is 10.8. The van der Waals surface area contributed by atoms with Gasteiger partial charge >= 0.3 is 0 Å². The molecule has 1 aliphatic rings. The lowest BCUT2D eigenvalue weighted by Gasteiger charge is -2.21. The van der Waals surface area contributed by atoms with E-state index in [-0.39, 0.29) is 0 Å². The Balaban J connectivity index is 1.95. The van der Waals surface area contributed by atoms with Crippen molar-refractivity contribution in [3.8, 4) is 0 Å². The van der Waals surface area contributed by atoms with Gasteiger partial charge in [-0.3, -0.25) is 0 Å². The molecule has 15 heavy (non-hydrogen) atoms. The first kappa shape index (κ1) is 13.0. The third kappa shape index (κ3) is 6.16. The second kappa shape index (κ2) is 7.24. The van der Waals surface area contributed by atoms with E-state index in [1.165, 1.54) is 51.9 Å². The summed E-state index contributed by atoms with van der Waals surface area (Å²) in [4.78, 5) is 2.58. The van der Waals surface area contributed by atoms with Crippen LogP contribution in [0.1, 0.15) is 46.5 Å². The molecule has 90 valence electrons. The molecular weight excluding hydrogens is 184 g/mol. The fraction of sp³-hybridized carbons (Fsp3) is 1.00. The van der Waals surface area contributed by atoms with Gasteiger partial charge in [0.05, 0.1) is 0 Å². The van der Waals surface area contributed by atoms with Crippen LogP contribution in [0.15, 0.2) is 0 Å². The van der Waals surface area contributed by atoms with Crippen LogP contribution in [0.5, 0.6) is 0 Å². The largest absolute Gasteiger partial charge is 0.313 e. The Morgan fingerprint density at radius 3 is 2.40 bits per heavy atom. The van der Waals surface area contributed by atoms with Crippen molar-refractivity contribution in [1.82, 2.24) is 10.2 Å². The predicted octanol–water partition coefficient (Wildman–Crippen LogP) is 2.50. The summed E-state index contributed by atoms with van der Waals surface area (Å²) in [5.74, 6) is 0.848. The summed E-state index contributed by atoms with van der Waals surface area (Å²) < 4.78 is 0. The molecule has 1 heterocycles. The SMILES string of the molecule is CC(C)CCCNC(C)CN1CCCC1. The Morgan fingerprint density at radius 1 is 1.13 bits per heavy atom. The summed E-state index contributed by atoms with van der Waals surface area (Å²) in [6.07, 6.45) is 5.48. The van der Waals surface area contributed by atoms with Gasteiger partial charge in [0, 0.05) is 12.6 Å². The van der Waals surface area contributed by atoms with Crippen molar-refractivity contribution in [3.05, 3.63) is 0 Å². The van der Waals surface area contributed by atoms with E-state index in [4.69, 9.17) is 0 Å². The van der Waals surface area contributed by atoms with Gasteiger partial charge in [0.15, 0.2) is 0 Å². The van der Waals surface area contributed by atoms with Crippen molar-refractivity contribution in [1.29, 1.82) is 0 Å². The van der Waals surface area contributed by atoms with Gasteiger partial charge in [-0.2, -0.15) is 0 Å². The maximum absolute atomic E-state index is 3.62. The molecule has 0 aliphatic carbocycles. The maximum Gasteiger partial charge on any atom is 0.0166 e. The molecule has 2 heteroatoms. The Kier molecular flexibility index (Phi) is 6.26. The monoisotopic (exact) mass is 212 g/mol. The van der Waals surface area contributed by atoms with Gasteiger partial charge in [-0.05, 0) is 58.2 Å². The summed E-state index contributed by atoms with van der Waals surface area (Å²) >= 11 is 0. The molecule has 0 aromatic carbocycles. The minimum absolute atomic E-state index is 0.662. The summed E-state index contributed by atoms with van der Waals surface area (Å²) in [5.41, 5.74) is 0. The molecule has 1 fully saturated rings. The molecule has 2 nitrogen and oxygen atoms in total. The molecule has 1 saturated heterocycles. The van der Waals surface area contributed by atoms with Crippen LogP contribution in [0.4, 0.5) is 0 Å². The number of hydrogen-bond acceptors (Lipinski definition) is 2. The lowest BCUT2D eigenvalue weighted by molar-refractivity contribution is 0.297. The summed E-state index contributed by atoms with van der Waals surface area (Å²) in [5, 5.41) is 3.62. The van der Waals surface area contributed by atoms with E-state index in [1.807, 2.05) is 0 Å². The molecule has 0 aromatic heterocycles. The first-order valence-corrected chi connectivity index (χ1v) is 6.64. The highest BCUT2D eigenvalue weighted by atomic mass is 15.2. The van der Waals surface area contributed by atoms with Crippen molar-refractivity contribution < 1.29 is 0 Å². The molecule has 1 unspecified atom stereocenters. The van der Waals surface area contributed by atoms with E-state index in [9.17, 15) is 0 Å². The van der Waals surface area contributed by atoms with Crippen molar-refractivity contribution in [2.24, 2.45) is 5.92 Å². The zero-order chi connectivity index (χ0) is 11.1. The lowest BCUT2D eigenvalue weighted by Crippen LogP contribution is -2.38. The second-order valence-corrected chi connectivity index (χ2v) is 5.40. The van der Waals surface area contributed by atoms with E-state index < -0.39 is 0 Å². The van der Waals surface area contributed by atoms with Crippen LogP contribution in [0.2, 0.25) is 0 Å². The second-order valence-electron chi connectivity index (χ2n) is 5.40. The third-order valence-corrected chi connectivity index (χ3v) is 3.18. The molecular formula is C13H28N2. The highest BCUT2D eigenvalue weighted by Crippen LogP contribution is 2.07. The van der Waals surface area contributed by atoms with Gasteiger partial charge < -0.3 is 10.2 Å². The minimum Gasteiger partial charge on any atom is -0.313 e. The average molecular weight is 212 g/mol. The lowest BCUT2D eigenvalue weighted by atomic mass is 10.1. The molecule has 1 N–H and O–H groups in total. The number of nitrogens with zero attached hydrogens (tertiary/aromatic N) is 1. The topological polar surface area (TPSA) is 15.3 Å². The highest BCUT2D eigenvalue weighted by molar-refractivity contribution is 4.72. The van der Waals surface area contributed by atoms with Crippen LogP contribution in [0.3, 0.4) is 0 Å². The van der Waals surface area contributed by atoms with Crippen LogP contribution in [0, 0.1) is 5.92 Å². The average Bonchev–Trinajstić information content (AvgIpc) is 2.64. The quantitative estimate of drug-likeness (QED) is 0.652. The fourth-order valence-electron chi connectivity index (χ4n) is 2.28. The van der Waals surface area contributed by atoms with E-state index >= 15 is 0 Å². The summed E-state index contributed by atoms with van der Waals surface area (Å²) in [6, 6.07) is 0.662. The number of nitrogens with one attached hydrogen (secondary N) is 1. The maximum atomic E-state index is 3.62. The smallest absolute Gasteiger partial charge is 0.0166 e. The summed E-state index contributed by atoms with van der Waals surface area (Å²) in [7, 11) is 0. The molecule has 0 amide bonds. The van der Waals surface area contributed by atoms with Crippen LogP contribution in [0.25, 0.3) is 0 Å². The van der Waals surface area contributed by atoms with E-state index in [2.05, 4.69) is 31.0 Å². The van der Waals surface area contributed by atoms with Gasteiger partial charge in [0.2, 0.25) is 0 Å². The van der Waals surface area contributed by atoms with Crippen molar-refractivity contribution in [2.45, 2.75) is 52.5 Å². The van der Waals surface area contributed by atoms with Gasteiger partial charge in [0.1, 0.15) is 0 Å². The molecule has 0 bridgehead atoms. The first-order valence-electron chi connectivity index (χ1n) is 6.64. The number of rotatable bonds is 7. The fourth-order valence-corrected chi connectivity index (χ4v) is 2.28. The highest BCUT2D eigenvalue weighted by Gasteiger charge is 2.13. The molecule has 0 spiro atoms. The number of hydrogen-bond donors (Lipinski definition) is 1. The minimum atomic E-state index is 0.662. The predicted molar refractivity (Wildman–Crippen MR) is 67.2 cm³/mol. The van der Waals surface area contributed by atoms with Gasteiger partial charge in [-0.15, -0.1) is 0 Å². The van der Waals surface area contributed by atoms with Gasteiger partial charge in [0.25, 0.3) is 0 Å². The van der Waals surface area contributed by atoms with E-state index in [0.29, 0.717) is 6.04 Å². The molecule has 1 atom stereocenters. The van der Waals surface area contributed by atoms with Gasteiger partial charge in [-0.25, -0.2) is 0 Å². The third-order valence-electron chi connectivity index (χ3n) is 3.18. The van der Waals surface area contributed by atoms with E-state index in [0.717, 1.165) is 5.92 Å². The Morgan fingerprint density at radius 2 is 1.80 bits per heavy atom. The zero-order valence-electron chi connectivity index (χ0n) is 10.8. The molecule has 0 aromatic rings. The van der Waals surface area contributed by atoms with Crippen molar-refractivity contribution in [3.63, 3.8) is 0 Å². The van der Waals surface area contributed by atoms with Crippen LogP contribution < -0.4 is 5.32 Å². The summed E-state index contributed by atoms with van der Waals surface area (Å²) in [6.45, 7) is 12.0. The van der Waals surface area contributed by atoms with E-state index in [1.54, 1.807) is 0 Å². The van der Waals surface area contributed by atoms with Crippen molar-refractivity contribution >= 4 is 0 Å². The molecule has 1 rings (SSSR count). The molecule has 0 saturated carbocycles. The Labute approximate surface area is 95.4 Å². The van der Waals surface area contributed by atoms with Crippen LogP contribution in [-0.2, 0) is 0 Å². The molecule has 1 aliphatic heterocycles. The molecule has 0 radical (unpaired) electrons. The van der Waals surface area contributed by atoms with Crippen LogP contribution in [-0.4, -0.2) is 37.1 Å². The standard InChI is InChI=1S/C13H28N2/c1-12(2)7-6-8-14-13(3)11-15-9-4-5-10-15/h12-14H,4-11H2,1-3H3. The van der Waals surface area contributed by atoms with Crippen LogP contribution >= 0.6 is 0 Å². The normalized spacial score (nSPS) is 20.0. The Hall–Kier alpha value is -0.0800. The Bertz CT molecular complexity index is 151. The van der Waals surface area contributed by atoms with Gasteiger partial charge in [-0.1, -0.05) is 13.8 Å².